The van der Waals surface area contributed by atoms with Gasteiger partial charge in [0.15, 0.2) is 5.82 Å². The summed E-state index contributed by atoms with van der Waals surface area (Å²) in [7, 11) is 0. The van der Waals surface area contributed by atoms with Crippen molar-refractivity contribution >= 4 is 6.09 Å². The van der Waals surface area contributed by atoms with E-state index in [-0.39, 0.29) is 12.0 Å². The van der Waals surface area contributed by atoms with E-state index in [0.29, 0.717) is 11.4 Å². The lowest BCUT2D eigenvalue weighted by atomic mass is 10.0. The molecule has 8 heteroatoms. The quantitative estimate of drug-likeness (QED) is 0.422. The summed E-state index contributed by atoms with van der Waals surface area (Å²) in [5.74, 6) is 1.24. The van der Waals surface area contributed by atoms with Crippen LogP contribution in [0.15, 0.2) is 60.8 Å². The summed E-state index contributed by atoms with van der Waals surface area (Å²) < 4.78 is 7.39. The van der Waals surface area contributed by atoms with Crippen molar-refractivity contribution in [2.45, 2.75) is 46.6 Å². The predicted octanol–water partition coefficient (Wildman–Crippen LogP) is 5.31. The van der Waals surface area contributed by atoms with Gasteiger partial charge < -0.3 is 10.1 Å². The minimum Gasteiger partial charge on any atom is -0.410 e. The number of carbonyl (C=O) groups is 1. The summed E-state index contributed by atoms with van der Waals surface area (Å²) in [6.45, 7) is 9.91. The second-order valence-electron chi connectivity index (χ2n) is 8.67. The van der Waals surface area contributed by atoms with Crippen molar-refractivity contribution in [3.05, 3.63) is 83.4 Å². The van der Waals surface area contributed by atoms with E-state index in [9.17, 15) is 4.79 Å². The van der Waals surface area contributed by atoms with Crippen LogP contribution in [-0.2, 0) is 0 Å². The lowest BCUT2D eigenvalue weighted by Gasteiger charge is -2.16. The molecule has 34 heavy (non-hydrogen) atoms. The minimum absolute atomic E-state index is 0.121. The first kappa shape index (κ1) is 23.1. The third-order valence-electron chi connectivity index (χ3n) is 5.50. The van der Waals surface area contributed by atoms with Crippen molar-refractivity contribution in [1.29, 1.82) is 0 Å². The number of amides is 1. The van der Waals surface area contributed by atoms with E-state index >= 15 is 0 Å². The molecule has 0 aliphatic carbocycles. The van der Waals surface area contributed by atoms with Crippen LogP contribution >= 0.6 is 0 Å². The lowest BCUT2D eigenvalue weighted by molar-refractivity contribution is 0.197. The van der Waals surface area contributed by atoms with Crippen LogP contribution in [0.1, 0.15) is 55.4 Å². The van der Waals surface area contributed by atoms with Gasteiger partial charge in [-0.3, -0.25) is 4.98 Å². The zero-order valence-corrected chi connectivity index (χ0v) is 20.0. The molecule has 4 aromatic rings. The molecule has 4 rings (SSSR count). The summed E-state index contributed by atoms with van der Waals surface area (Å²) in [5, 5.41) is 15.0. The van der Waals surface area contributed by atoms with Crippen LogP contribution < -0.4 is 10.1 Å². The normalized spacial score (nSPS) is 11.9. The fourth-order valence-electron chi connectivity index (χ4n) is 3.65. The third-order valence-corrected chi connectivity index (χ3v) is 5.50. The Balaban J connectivity index is 1.65. The van der Waals surface area contributed by atoms with E-state index in [1.54, 1.807) is 16.9 Å². The minimum atomic E-state index is -0.547. The molecule has 0 fully saturated rings. The number of tetrazole rings is 1. The Morgan fingerprint density at radius 1 is 0.971 bits per heavy atom. The number of pyridine rings is 1. The van der Waals surface area contributed by atoms with Gasteiger partial charge in [-0.1, -0.05) is 43.7 Å². The molecule has 2 aromatic heterocycles. The molecule has 174 valence electrons. The van der Waals surface area contributed by atoms with Crippen LogP contribution in [-0.4, -0.2) is 31.3 Å². The second kappa shape index (κ2) is 9.82. The molecule has 0 saturated heterocycles. The Bertz CT molecular complexity index is 1300. The molecule has 1 N–H and O–H groups in total. The van der Waals surface area contributed by atoms with Gasteiger partial charge in [0.25, 0.3) is 0 Å². The highest BCUT2D eigenvalue weighted by atomic mass is 16.6. The highest BCUT2D eigenvalue weighted by Crippen LogP contribution is 2.29. The monoisotopic (exact) mass is 456 g/mol. The lowest BCUT2D eigenvalue weighted by Crippen LogP contribution is -2.29. The van der Waals surface area contributed by atoms with Gasteiger partial charge in [-0.05, 0) is 72.2 Å². The summed E-state index contributed by atoms with van der Waals surface area (Å²) in [6, 6.07) is 17.3. The average molecular weight is 457 g/mol. The van der Waals surface area contributed by atoms with Crippen LogP contribution in [0.2, 0.25) is 0 Å². The van der Waals surface area contributed by atoms with E-state index in [4.69, 9.17) is 4.74 Å². The average Bonchev–Trinajstić information content (AvgIpc) is 3.30. The van der Waals surface area contributed by atoms with Gasteiger partial charge in [0.2, 0.25) is 0 Å². The van der Waals surface area contributed by atoms with E-state index < -0.39 is 6.09 Å². The molecular weight excluding hydrogens is 428 g/mol. The van der Waals surface area contributed by atoms with Crippen LogP contribution in [0.4, 0.5) is 4.79 Å². The molecule has 0 aliphatic heterocycles. The smallest absolute Gasteiger partial charge is 0.410 e. The van der Waals surface area contributed by atoms with Crippen molar-refractivity contribution in [1.82, 2.24) is 30.5 Å². The number of rotatable bonds is 6. The Labute approximate surface area is 199 Å². The maximum atomic E-state index is 12.8. The number of nitrogens with one attached hydrogen (secondary N) is 1. The molecule has 8 nitrogen and oxygen atoms in total. The van der Waals surface area contributed by atoms with Crippen LogP contribution in [0.25, 0.3) is 16.8 Å². The molecule has 1 unspecified atom stereocenters. The molecule has 1 atom stereocenters. The van der Waals surface area contributed by atoms with Gasteiger partial charge in [-0.2, -0.15) is 4.68 Å². The maximum Gasteiger partial charge on any atom is 0.413 e. The first-order chi connectivity index (χ1) is 16.3. The molecule has 0 saturated carbocycles. The number of hydrogen-bond donors (Lipinski definition) is 1. The number of nitrogens with zero attached hydrogens (tertiary/aromatic N) is 5. The molecule has 0 aliphatic rings. The Morgan fingerprint density at radius 2 is 1.74 bits per heavy atom. The predicted molar refractivity (Wildman–Crippen MR) is 130 cm³/mol. The summed E-state index contributed by atoms with van der Waals surface area (Å²) in [6.07, 6.45) is 1.18. The zero-order chi connectivity index (χ0) is 24.2. The van der Waals surface area contributed by atoms with Crippen LogP contribution in [0.3, 0.4) is 0 Å². The van der Waals surface area contributed by atoms with E-state index in [0.717, 1.165) is 28.2 Å². The number of aryl methyl sites for hydroxylation is 2. The van der Waals surface area contributed by atoms with Gasteiger partial charge in [-0.15, -0.1) is 5.10 Å². The number of benzene rings is 2. The fourth-order valence-corrected chi connectivity index (χ4v) is 3.65. The first-order valence-corrected chi connectivity index (χ1v) is 11.2. The SMILES string of the molecule is Cc1ccc(-c2cc(OC(=O)NC(C)c3ccnc(C)c3)cc(-n3nnnc3C(C)C)c2)cc1. The Morgan fingerprint density at radius 3 is 2.44 bits per heavy atom. The molecule has 2 aromatic carbocycles. The topological polar surface area (TPSA) is 94.8 Å². The van der Waals surface area contributed by atoms with E-state index in [2.05, 4.69) is 25.8 Å². The third kappa shape index (κ3) is 5.28. The van der Waals surface area contributed by atoms with Crippen molar-refractivity contribution in [2.75, 3.05) is 0 Å². The molecule has 0 bridgehead atoms. The zero-order valence-electron chi connectivity index (χ0n) is 20.0. The van der Waals surface area contributed by atoms with Gasteiger partial charge in [-0.25, -0.2) is 4.79 Å². The highest BCUT2D eigenvalue weighted by molar-refractivity contribution is 5.74. The van der Waals surface area contributed by atoms with E-state index in [1.165, 1.54) is 5.56 Å². The fraction of sp³-hybridized carbons (Fsp3) is 0.269. The Hall–Kier alpha value is -4.07. The Kier molecular flexibility index (Phi) is 6.67. The van der Waals surface area contributed by atoms with Crippen molar-refractivity contribution < 1.29 is 9.53 Å². The molecule has 1 amide bonds. The van der Waals surface area contributed by atoms with Gasteiger partial charge in [0.05, 0.1) is 11.7 Å². The number of hydrogen-bond acceptors (Lipinski definition) is 6. The summed E-state index contributed by atoms with van der Waals surface area (Å²) in [5.41, 5.74) is 5.61. The molecule has 0 spiro atoms. The van der Waals surface area contributed by atoms with Crippen molar-refractivity contribution in [3.8, 4) is 22.6 Å². The standard InChI is InChI=1S/C26H28N6O2/c1-16(2)25-29-30-31-32(25)23-13-22(20-8-6-17(3)7-9-20)14-24(15-23)34-26(33)28-19(5)21-10-11-27-18(4)12-21/h6-16,19H,1-5H3,(H,28,33). The van der Waals surface area contributed by atoms with Gasteiger partial charge in [0, 0.05) is 23.9 Å². The maximum absolute atomic E-state index is 12.8. The van der Waals surface area contributed by atoms with Crippen LogP contribution in [0, 0.1) is 13.8 Å². The highest BCUT2D eigenvalue weighted by Gasteiger charge is 2.17. The van der Waals surface area contributed by atoms with Crippen molar-refractivity contribution in [2.24, 2.45) is 0 Å². The van der Waals surface area contributed by atoms with E-state index in [1.807, 2.05) is 83.1 Å². The first-order valence-electron chi connectivity index (χ1n) is 11.2. The number of aromatic nitrogens is 5. The summed E-state index contributed by atoms with van der Waals surface area (Å²) >= 11 is 0. The van der Waals surface area contributed by atoms with Gasteiger partial charge in [0.1, 0.15) is 5.75 Å². The molecular formula is C26H28N6O2. The number of ether oxygens (including phenoxy) is 1. The number of carbonyl (C=O) groups excluding carboxylic acids is 1. The largest absolute Gasteiger partial charge is 0.413 e. The van der Waals surface area contributed by atoms with Crippen LogP contribution in [0.5, 0.6) is 5.75 Å². The second-order valence-corrected chi connectivity index (χ2v) is 8.67. The molecule has 0 radical (unpaired) electrons. The molecule has 2 heterocycles. The van der Waals surface area contributed by atoms with Crippen molar-refractivity contribution in [3.63, 3.8) is 0 Å². The summed E-state index contributed by atoms with van der Waals surface area (Å²) in [4.78, 5) is 17.0. The van der Waals surface area contributed by atoms with Gasteiger partial charge >= 0.3 is 6.09 Å².